The van der Waals surface area contributed by atoms with E-state index in [2.05, 4.69) is 5.16 Å². The molecule has 2 aromatic carbocycles. The molecule has 130 valence electrons. The molecule has 5 heteroatoms. The fourth-order valence-electron chi connectivity index (χ4n) is 2.74. The molecule has 0 atom stereocenters. The molecule has 0 saturated carbocycles. The molecule has 0 N–H and O–H groups in total. The minimum atomic E-state index is -0.510. The predicted octanol–water partition coefficient (Wildman–Crippen LogP) is 4.05. The maximum Gasteiger partial charge on any atom is 0.197 e. The Labute approximate surface area is 147 Å². The maximum atomic E-state index is 13.2. The predicted molar refractivity (Wildman–Crippen MR) is 95.1 cm³/mol. The van der Waals surface area contributed by atoms with Gasteiger partial charge in [0.25, 0.3) is 0 Å². The summed E-state index contributed by atoms with van der Waals surface area (Å²) < 4.78 is 11.3. The van der Waals surface area contributed by atoms with Crippen LogP contribution in [0.4, 0.5) is 0 Å². The fraction of sp³-hybridized carbons (Fsp3) is 0.300. The van der Waals surface area contributed by atoms with Crippen molar-refractivity contribution < 1.29 is 19.1 Å². The number of rotatable bonds is 5. The first-order valence-corrected chi connectivity index (χ1v) is 8.22. The number of hydrogen-bond acceptors (Lipinski definition) is 5. The lowest BCUT2D eigenvalue weighted by Crippen LogP contribution is -2.12. The highest BCUT2D eigenvalue weighted by atomic mass is 16.7. The number of carbonyl (C=O) groups is 1. The third-order valence-electron chi connectivity index (χ3n) is 3.88. The normalized spacial score (nSPS) is 14.4. The van der Waals surface area contributed by atoms with Crippen molar-refractivity contribution in [2.75, 3.05) is 13.2 Å². The standard InChI is InChI=1S/C20H21NO4/c1-13(2)21-25-17-10-5-4-8-15(17)19(22)16-9-6-7-14(3)18(16)20-23-11-12-24-20/h4-10,20H,11-12H2,1-3H3. The van der Waals surface area contributed by atoms with Gasteiger partial charge in [0, 0.05) is 11.1 Å². The zero-order chi connectivity index (χ0) is 17.8. The SMILES string of the molecule is CC(C)=NOc1ccccc1C(=O)c1cccc(C)c1C1OCCO1. The molecule has 1 aliphatic rings. The lowest BCUT2D eigenvalue weighted by Gasteiger charge is -2.17. The monoisotopic (exact) mass is 339 g/mol. The van der Waals surface area contributed by atoms with Gasteiger partial charge in [0.2, 0.25) is 0 Å². The number of oxime groups is 1. The molecule has 0 amide bonds. The van der Waals surface area contributed by atoms with Crippen LogP contribution in [0.5, 0.6) is 5.75 Å². The minimum Gasteiger partial charge on any atom is -0.356 e. The molecule has 25 heavy (non-hydrogen) atoms. The Morgan fingerprint density at radius 2 is 1.72 bits per heavy atom. The highest BCUT2D eigenvalue weighted by Gasteiger charge is 2.27. The number of carbonyl (C=O) groups excluding carboxylic acids is 1. The zero-order valence-corrected chi connectivity index (χ0v) is 14.6. The topological polar surface area (TPSA) is 57.1 Å². The summed E-state index contributed by atoms with van der Waals surface area (Å²) in [7, 11) is 0. The van der Waals surface area contributed by atoms with Crippen LogP contribution in [0.1, 0.15) is 47.2 Å². The summed E-state index contributed by atoms with van der Waals surface area (Å²) in [6.45, 7) is 6.66. The number of ketones is 1. The average molecular weight is 339 g/mol. The molecule has 0 aromatic heterocycles. The van der Waals surface area contributed by atoms with Crippen LogP contribution >= 0.6 is 0 Å². The molecular formula is C20H21NO4. The first kappa shape index (κ1) is 17.3. The van der Waals surface area contributed by atoms with Crippen LogP contribution in [0.15, 0.2) is 47.6 Å². The maximum absolute atomic E-state index is 13.2. The Morgan fingerprint density at radius 3 is 2.44 bits per heavy atom. The third-order valence-corrected chi connectivity index (χ3v) is 3.88. The molecule has 2 aromatic rings. The van der Waals surface area contributed by atoms with Gasteiger partial charge in [0.1, 0.15) is 0 Å². The van der Waals surface area contributed by atoms with Gasteiger partial charge >= 0.3 is 0 Å². The second kappa shape index (κ2) is 7.59. The molecule has 3 rings (SSSR count). The van der Waals surface area contributed by atoms with Gasteiger partial charge in [0.15, 0.2) is 17.8 Å². The molecule has 0 radical (unpaired) electrons. The second-order valence-electron chi connectivity index (χ2n) is 6.06. The first-order chi connectivity index (χ1) is 12.1. The van der Waals surface area contributed by atoms with Crippen molar-refractivity contribution in [2.45, 2.75) is 27.1 Å². The first-order valence-electron chi connectivity index (χ1n) is 8.22. The van der Waals surface area contributed by atoms with Gasteiger partial charge < -0.3 is 14.3 Å². The van der Waals surface area contributed by atoms with E-state index in [1.807, 2.05) is 39.0 Å². The van der Waals surface area contributed by atoms with Gasteiger partial charge in [0.05, 0.1) is 24.5 Å². The number of hydrogen-bond donors (Lipinski definition) is 0. The van der Waals surface area contributed by atoms with Crippen LogP contribution < -0.4 is 4.84 Å². The highest BCUT2D eigenvalue weighted by Crippen LogP contribution is 2.32. The molecule has 0 spiro atoms. The van der Waals surface area contributed by atoms with Crippen LogP contribution in [0, 0.1) is 6.92 Å². The molecular weight excluding hydrogens is 318 g/mol. The van der Waals surface area contributed by atoms with Crippen molar-refractivity contribution in [3.05, 3.63) is 64.7 Å². The molecule has 1 aliphatic heterocycles. The molecule has 0 aliphatic carbocycles. The van der Waals surface area contributed by atoms with E-state index in [0.717, 1.165) is 16.8 Å². The van der Waals surface area contributed by atoms with Crippen LogP contribution in [0.3, 0.4) is 0 Å². The zero-order valence-electron chi connectivity index (χ0n) is 14.6. The second-order valence-corrected chi connectivity index (χ2v) is 6.06. The van der Waals surface area contributed by atoms with Gasteiger partial charge in [-0.05, 0) is 38.5 Å². The summed E-state index contributed by atoms with van der Waals surface area (Å²) in [6.07, 6.45) is -0.510. The Balaban J connectivity index is 2.02. The van der Waals surface area contributed by atoms with Crippen molar-refractivity contribution in [1.29, 1.82) is 0 Å². The summed E-state index contributed by atoms with van der Waals surface area (Å²) in [4.78, 5) is 18.6. The average Bonchev–Trinajstić information content (AvgIpc) is 3.13. The smallest absolute Gasteiger partial charge is 0.197 e. The van der Waals surface area contributed by atoms with E-state index in [1.165, 1.54) is 0 Å². The fourth-order valence-corrected chi connectivity index (χ4v) is 2.74. The van der Waals surface area contributed by atoms with Crippen molar-refractivity contribution in [3.63, 3.8) is 0 Å². The molecule has 1 heterocycles. The number of benzene rings is 2. The van der Waals surface area contributed by atoms with Gasteiger partial charge in [-0.2, -0.15) is 0 Å². The number of ether oxygens (including phenoxy) is 2. The van der Waals surface area contributed by atoms with Crippen molar-refractivity contribution in [1.82, 2.24) is 0 Å². The van der Waals surface area contributed by atoms with Crippen LogP contribution in [0.2, 0.25) is 0 Å². The van der Waals surface area contributed by atoms with Crippen LogP contribution in [-0.4, -0.2) is 24.7 Å². The van der Waals surface area contributed by atoms with Crippen molar-refractivity contribution >= 4 is 11.5 Å². The Morgan fingerprint density at radius 1 is 1.04 bits per heavy atom. The molecule has 5 nitrogen and oxygen atoms in total. The summed E-state index contributed by atoms with van der Waals surface area (Å²) >= 11 is 0. The van der Waals surface area contributed by atoms with E-state index in [-0.39, 0.29) is 5.78 Å². The molecule has 0 bridgehead atoms. The Kier molecular flexibility index (Phi) is 5.26. The van der Waals surface area contributed by atoms with E-state index in [4.69, 9.17) is 14.3 Å². The van der Waals surface area contributed by atoms with Crippen molar-refractivity contribution in [2.24, 2.45) is 5.16 Å². The van der Waals surface area contributed by atoms with E-state index in [0.29, 0.717) is 30.1 Å². The lowest BCUT2D eigenvalue weighted by atomic mass is 9.94. The summed E-state index contributed by atoms with van der Waals surface area (Å²) in [5.74, 6) is 0.284. The van der Waals surface area contributed by atoms with Gasteiger partial charge in [-0.25, -0.2) is 0 Å². The van der Waals surface area contributed by atoms with E-state index < -0.39 is 6.29 Å². The lowest BCUT2D eigenvalue weighted by molar-refractivity contribution is -0.0449. The van der Waals surface area contributed by atoms with Gasteiger partial charge in [-0.1, -0.05) is 35.5 Å². The Hall–Kier alpha value is -2.50. The van der Waals surface area contributed by atoms with E-state index in [1.54, 1.807) is 24.3 Å². The molecule has 1 saturated heterocycles. The largest absolute Gasteiger partial charge is 0.356 e. The Bertz CT molecular complexity index is 803. The minimum absolute atomic E-state index is 0.141. The summed E-state index contributed by atoms with van der Waals surface area (Å²) in [5, 5.41) is 3.96. The summed E-state index contributed by atoms with van der Waals surface area (Å²) in [5.41, 5.74) is 3.51. The number of aryl methyl sites for hydroxylation is 1. The third kappa shape index (κ3) is 3.78. The molecule has 1 fully saturated rings. The number of nitrogens with zero attached hydrogens (tertiary/aromatic N) is 1. The van der Waals surface area contributed by atoms with Crippen LogP contribution in [-0.2, 0) is 9.47 Å². The van der Waals surface area contributed by atoms with Gasteiger partial charge in [-0.15, -0.1) is 0 Å². The van der Waals surface area contributed by atoms with Gasteiger partial charge in [-0.3, -0.25) is 4.79 Å². The summed E-state index contributed by atoms with van der Waals surface area (Å²) in [6, 6.07) is 12.7. The molecule has 0 unspecified atom stereocenters. The highest BCUT2D eigenvalue weighted by molar-refractivity contribution is 6.11. The van der Waals surface area contributed by atoms with Crippen molar-refractivity contribution in [3.8, 4) is 5.75 Å². The number of para-hydroxylation sites is 1. The van der Waals surface area contributed by atoms with E-state index in [9.17, 15) is 4.79 Å². The van der Waals surface area contributed by atoms with E-state index >= 15 is 0 Å². The van der Waals surface area contributed by atoms with Crippen LogP contribution in [0.25, 0.3) is 0 Å². The quantitative estimate of drug-likeness (QED) is 0.468.